The molecule has 27 heavy (non-hydrogen) atoms. The van der Waals surface area contributed by atoms with Gasteiger partial charge in [-0.3, -0.25) is 4.79 Å². The maximum Gasteiger partial charge on any atom is 0.340 e. The Morgan fingerprint density at radius 2 is 1.78 bits per heavy atom. The van der Waals surface area contributed by atoms with Crippen LogP contribution < -0.4 is 11.2 Å². The molecular formula is C16H13ClF4N2O4. The summed E-state index contributed by atoms with van der Waals surface area (Å²) in [6.45, 7) is 0.368. The lowest BCUT2D eigenvalue weighted by Crippen LogP contribution is -2.42. The number of carbonyl (C=O) groups is 1. The maximum atomic E-state index is 14.3. The highest BCUT2D eigenvalue weighted by atomic mass is 35.5. The summed E-state index contributed by atoms with van der Waals surface area (Å²) in [6, 6.07) is 1.25. The van der Waals surface area contributed by atoms with E-state index in [1.54, 1.807) is 0 Å². The summed E-state index contributed by atoms with van der Waals surface area (Å²) in [5, 5.41) is -0.406. The summed E-state index contributed by atoms with van der Waals surface area (Å²) >= 11 is 5.78. The number of carbonyl (C=O) groups excluding carboxylic acids is 1. The zero-order valence-electron chi connectivity index (χ0n) is 14.2. The molecule has 0 N–H and O–H groups in total. The molecule has 0 saturated heterocycles. The Balaban J connectivity index is 2.86. The van der Waals surface area contributed by atoms with Crippen LogP contribution in [-0.2, 0) is 4.74 Å². The molecule has 0 fully saturated rings. The van der Waals surface area contributed by atoms with E-state index in [9.17, 15) is 31.9 Å². The molecule has 0 aliphatic rings. The normalized spacial score (nSPS) is 11.3. The highest BCUT2D eigenvalue weighted by Gasteiger charge is 2.25. The van der Waals surface area contributed by atoms with Crippen molar-refractivity contribution in [2.75, 3.05) is 0 Å². The molecule has 11 heteroatoms. The molecule has 6 nitrogen and oxygen atoms in total. The van der Waals surface area contributed by atoms with Crippen molar-refractivity contribution < 1.29 is 27.1 Å². The molecule has 1 aromatic heterocycles. The van der Waals surface area contributed by atoms with Crippen LogP contribution in [0.1, 0.15) is 36.4 Å². The number of aromatic nitrogens is 2. The molecule has 0 radical (unpaired) electrons. The van der Waals surface area contributed by atoms with Crippen molar-refractivity contribution in [3.8, 4) is 5.69 Å². The second-order valence-corrected chi connectivity index (χ2v) is 6.11. The van der Waals surface area contributed by atoms with Gasteiger partial charge in [0.05, 0.1) is 28.1 Å². The Bertz CT molecular complexity index is 1030. The minimum atomic E-state index is -3.49. The summed E-state index contributed by atoms with van der Waals surface area (Å²) in [5.41, 5.74) is -5.60. The van der Waals surface area contributed by atoms with E-state index in [2.05, 4.69) is 0 Å². The Labute approximate surface area is 154 Å². The lowest BCUT2D eigenvalue weighted by Gasteiger charge is -2.15. The number of hydrogen-bond donors (Lipinski definition) is 0. The van der Waals surface area contributed by atoms with Gasteiger partial charge in [-0.25, -0.2) is 23.1 Å². The van der Waals surface area contributed by atoms with Gasteiger partial charge in [-0.2, -0.15) is 13.2 Å². The molecular weight excluding hydrogens is 396 g/mol. The lowest BCUT2D eigenvalue weighted by molar-refractivity contribution is 0.0377. The van der Waals surface area contributed by atoms with E-state index in [4.69, 9.17) is 16.3 Å². The van der Waals surface area contributed by atoms with Gasteiger partial charge in [0, 0.05) is 0 Å². The minimum Gasteiger partial charge on any atom is -0.459 e. The van der Waals surface area contributed by atoms with Crippen LogP contribution in [0.5, 0.6) is 0 Å². The zero-order valence-corrected chi connectivity index (χ0v) is 15.0. The van der Waals surface area contributed by atoms with Crippen molar-refractivity contribution in [2.45, 2.75) is 33.4 Å². The van der Waals surface area contributed by atoms with Crippen molar-refractivity contribution in [1.29, 1.82) is 0 Å². The fraction of sp³-hybridized carbons (Fsp3) is 0.312. The van der Waals surface area contributed by atoms with Gasteiger partial charge >= 0.3 is 18.2 Å². The second-order valence-electron chi connectivity index (χ2n) is 5.71. The number of alkyl halides is 2. The Hall–Kier alpha value is -2.62. The van der Waals surface area contributed by atoms with Crippen LogP contribution in [0.4, 0.5) is 17.6 Å². The maximum absolute atomic E-state index is 14.3. The summed E-state index contributed by atoms with van der Waals surface area (Å²) in [6.07, 6.45) is -0.572. The minimum absolute atomic E-state index is 0.133. The Kier molecular flexibility index (Phi) is 5.79. The van der Waals surface area contributed by atoms with Gasteiger partial charge in [-0.05, 0) is 32.9 Å². The Morgan fingerprint density at radius 1 is 1.19 bits per heavy atom. The van der Waals surface area contributed by atoms with Crippen LogP contribution in [0.2, 0.25) is 5.02 Å². The third-order valence-corrected chi connectivity index (χ3v) is 3.82. The number of rotatable bonds is 4. The summed E-state index contributed by atoms with van der Waals surface area (Å²) < 4.78 is 59.0. The van der Waals surface area contributed by atoms with Crippen molar-refractivity contribution in [1.82, 2.24) is 9.13 Å². The van der Waals surface area contributed by atoms with E-state index in [0.29, 0.717) is 12.1 Å². The highest BCUT2D eigenvalue weighted by Crippen LogP contribution is 2.24. The van der Waals surface area contributed by atoms with E-state index < -0.39 is 63.5 Å². The fourth-order valence-electron chi connectivity index (χ4n) is 2.28. The molecule has 1 aromatic carbocycles. The molecule has 0 aliphatic carbocycles. The first kappa shape index (κ1) is 20.7. The molecule has 0 unspecified atom stereocenters. The molecule has 0 bridgehead atoms. The molecule has 0 amide bonds. The van der Waals surface area contributed by atoms with Gasteiger partial charge in [0.2, 0.25) is 5.82 Å². The van der Waals surface area contributed by atoms with Crippen molar-refractivity contribution >= 4 is 17.6 Å². The largest absolute Gasteiger partial charge is 0.459 e. The monoisotopic (exact) mass is 408 g/mol. The number of nitrogens with zero attached hydrogens (tertiary/aromatic N) is 2. The summed E-state index contributed by atoms with van der Waals surface area (Å²) in [5.74, 6) is -3.98. The van der Waals surface area contributed by atoms with Crippen LogP contribution in [0.25, 0.3) is 5.69 Å². The molecule has 0 spiro atoms. The molecule has 146 valence electrons. The molecule has 2 rings (SSSR count). The smallest absolute Gasteiger partial charge is 0.340 e. The SMILES string of the molecule is Cc1c(F)c(=O)n(-c2cc(C(=O)OC(C)C)c(Cl)cc2F)c(=O)n1C(F)F. The van der Waals surface area contributed by atoms with Crippen LogP contribution in [0.3, 0.4) is 0 Å². The van der Waals surface area contributed by atoms with E-state index in [0.717, 1.165) is 6.92 Å². The molecule has 2 aromatic rings. The third-order valence-electron chi connectivity index (χ3n) is 3.50. The van der Waals surface area contributed by atoms with Crippen molar-refractivity contribution in [3.05, 3.63) is 60.9 Å². The molecule has 0 saturated carbocycles. The van der Waals surface area contributed by atoms with Gasteiger partial charge in [0.25, 0.3) is 5.56 Å². The second kappa shape index (κ2) is 7.55. The van der Waals surface area contributed by atoms with Gasteiger partial charge < -0.3 is 4.74 Å². The van der Waals surface area contributed by atoms with Gasteiger partial charge in [-0.15, -0.1) is 0 Å². The zero-order chi connectivity index (χ0) is 20.6. The fourth-order valence-corrected chi connectivity index (χ4v) is 2.51. The van der Waals surface area contributed by atoms with E-state index in [1.807, 2.05) is 0 Å². The summed E-state index contributed by atoms with van der Waals surface area (Å²) in [7, 11) is 0. The predicted octanol–water partition coefficient (Wildman–Crippen LogP) is 3.20. The van der Waals surface area contributed by atoms with E-state index >= 15 is 0 Å². The standard InChI is InChI=1S/C16H13ClF4N2O4/c1-6(2)27-14(25)8-4-11(10(18)5-9(8)17)23-13(24)12(19)7(3)22(15(20)21)16(23)26/h4-6,15H,1-3H3. The van der Waals surface area contributed by atoms with Gasteiger partial charge in [0.15, 0.2) is 0 Å². The first-order valence-corrected chi connectivity index (χ1v) is 7.87. The van der Waals surface area contributed by atoms with Crippen LogP contribution in [0.15, 0.2) is 21.7 Å². The highest BCUT2D eigenvalue weighted by molar-refractivity contribution is 6.33. The topological polar surface area (TPSA) is 70.3 Å². The molecule has 0 atom stereocenters. The van der Waals surface area contributed by atoms with E-state index in [1.165, 1.54) is 13.8 Å². The van der Waals surface area contributed by atoms with Crippen molar-refractivity contribution in [3.63, 3.8) is 0 Å². The number of halogens is 5. The van der Waals surface area contributed by atoms with Crippen molar-refractivity contribution in [2.24, 2.45) is 0 Å². The third kappa shape index (κ3) is 3.75. The Morgan fingerprint density at radius 3 is 2.30 bits per heavy atom. The van der Waals surface area contributed by atoms with Crippen LogP contribution in [0, 0.1) is 18.6 Å². The first-order chi connectivity index (χ1) is 12.5. The van der Waals surface area contributed by atoms with Crippen LogP contribution >= 0.6 is 11.6 Å². The summed E-state index contributed by atoms with van der Waals surface area (Å²) in [4.78, 5) is 36.4. The van der Waals surface area contributed by atoms with E-state index in [-0.39, 0.29) is 9.13 Å². The van der Waals surface area contributed by atoms with Crippen LogP contribution in [-0.4, -0.2) is 21.2 Å². The van der Waals surface area contributed by atoms with Gasteiger partial charge in [-0.1, -0.05) is 11.6 Å². The number of hydrogen-bond acceptors (Lipinski definition) is 4. The average Bonchev–Trinajstić information content (AvgIpc) is 2.53. The average molecular weight is 409 g/mol. The lowest BCUT2D eigenvalue weighted by atomic mass is 10.2. The molecule has 1 heterocycles. The quantitative estimate of drug-likeness (QED) is 0.575. The number of esters is 1. The number of ether oxygens (including phenoxy) is 1. The predicted molar refractivity (Wildman–Crippen MR) is 87.8 cm³/mol. The first-order valence-electron chi connectivity index (χ1n) is 7.49. The molecule has 0 aliphatic heterocycles. The number of benzene rings is 1. The van der Waals surface area contributed by atoms with Gasteiger partial charge in [0.1, 0.15) is 5.82 Å².